The van der Waals surface area contributed by atoms with Crippen LogP contribution in [0, 0.1) is 0 Å². The molecule has 0 saturated heterocycles. The number of amides is 1. The van der Waals surface area contributed by atoms with Gasteiger partial charge in [0.1, 0.15) is 6.33 Å². The lowest BCUT2D eigenvalue weighted by Gasteiger charge is -2.07. The summed E-state index contributed by atoms with van der Waals surface area (Å²) in [4.78, 5) is 19.0. The highest BCUT2D eigenvalue weighted by Gasteiger charge is 2.07. The van der Waals surface area contributed by atoms with Crippen LogP contribution < -0.4 is 11.1 Å². The average molecular weight is 263 g/mol. The van der Waals surface area contributed by atoms with Crippen molar-refractivity contribution in [3.05, 3.63) is 53.1 Å². The third kappa shape index (κ3) is 2.95. The summed E-state index contributed by atoms with van der Waals surface area (Å²) >= 11 is 5.86. The lowest BCUT2D eigenvalue weighted by molar-refractivity contribution is 0.100. The number of nitrogens with zero attached hydrogens (tertiary/aromatic N) is 2. The number of carbonyl (C=O) groups excluding carboxylic acids is 1. The zero-order valence-corrected chi connectivity index (χ0v) is 10.2. The molecule has 5 nitrogen and oxygen atoms in total. The molecule has 1 aromatic carbocycles. The first kappa shape index (κ1) is 12.3. The Bertz CT molecular complexity index is 559. The number of anilines is 1. The zero-order chi connectivity index (χ0) is 13.0. The number of nitrogens with one attached hydrogen (secondary N) is 1. The molecule has 0 radical (unpaired) electrons. The number of benzene rings is 1. The number of halogens is 1. The molecule has 1 heterocycles. The van der Waals surface area contributed by atoms with Crippen LogP contribution in [-0.4, -0.2) is 15.9 Å². The highest BCUT2D eigenvalue weighted by molar-refractivity contribution is 6.33. The van der Waals surface area contributed by atoms with E-state index < -0.39 is 5.91 Å². The number of primary amides is 1. The Balaban J connectivity index is 2.11. The van der Waals surface area contributed by atoms with Gasteiger partial charge in [0.2, 0.25) is 5.91 Å². The van der Waals surface area contributed by atoms with E-state index in [1.165, 1.54) is 6.33 Å². The van der Waals surface area contributed by atoms with Crippen molar-refractivity contribution in [3.63, 3.8) is 0 Å². The average Bonchev–Trinajstić information content (AvgIpc) is 2.38. The summed E-state index contributed by atoms with van der Waals surface area (Å²) in [7, 11) is 0. The molecule has 6 heteroatoms. The van der Waals surface area contributed by atoms with Crippen LogP contribution in [0.2, 0.25) is 5.02 Å². The monoisotopic (exact) mass is 262 g/mol. The van der Waals surface area contributed by atoms with Crippen molar-refractivity contribution in [1.29, 1.82) is 0 Å². The van der Waals surface area contributed by atoms with Crippen molar-refractivity contribution < 1.29 is 4.79 Å². The zero-order valence-electron chi connectivity index (χ0n) is 9.43. The van der Waals surface area contributed by atoms with Gasteiger partial charge < -0.3 is 11.1 Å². The van der Waals surface area contributed by atoms with Crippen LogP contribution in [-0.2, 0) is 6.54 Å². The third-order valence-electron chi connectivity index (χ3n) is 2.35. The maximum atomic E-state index is 11.1. The Hall–Kier alpha value is -2.14. The topological polar surface area (TPSA) is 80.9 Å². The standard InChI is InChI=1S/C12H11ClN4O/c13-11-2-1-8(5-10(11)12(14)18)16-6-9-3-4-15-7-17-9/h1-5,7,16H,6H2,(H2,14,18). The first-order valence-electron chi connectivity index (χ1n) is 5.25. The highest BCUT2D eigenvalue weighted by Crippen LogP contribution is 2.20. The fourth-order valence-corrected chi connectivity index (χ4v) is 1.65. The van der Waals surface area contributed by atoms with Gasteiger partial charge in [0.15, 0.2) is 0 Å². The number of nitrogens with two attached hydrogens (primary N) is 1. The van der Waals surface area contributed by atoms with Crippen molar-refractivity contribution in [2.24, 2.45) is 5.73 Å². The molecule has 0 aliphatic rings. The van der Waals surface area contributed by atoms with Crippen LogP contribution in [0.1, 0.15) is 16.1 Å². The van der Waals surface area contributed by atoms with Crippen molar-refractivity contribution in [2.45, 2.75) is 6.54 Å². The molecular formula is C12H11ClN4O. The van der Waals surface area contributed by atoms with Crippen LogP contribution >= 0.6 is 11.6 Å². The molecule has 3 N–H and O–H groups in total. The van der Waals surface area contributed by atoms with Gasteiger partial charge in [0.05, 0.1) is 22.8 Å². The van der Waals surface area contributed by atoms with Crippen LogP contribution in [0.15, 0.2) is 36.8 Å². The van der Waals surface area contributed by atoms with Crippen molar-refractivity contribution in [3.8, 4) is 0 Å². The summed E-state index contributed by atoms with van der Waals surface area (Å²) in [5, 5.41) is 3.47. The number of hydrogen-bond donors (Lipinski definition) is 2. The smallest absolute Gasteiger partial charge is 0.250 e. The molecule has 1 aromatic heterocycles. The molecule has 0 atom stereocenters. The van der Waals surface area contributed by atoms with Gasteiger partial charge in [-0.2, -0.15) is 0 Å². The summed E-state index contributed by atoms with van der Waals surface area (Å²) in [6.45, 7) is 0.530. The van der Waals surface area contributed by atoms with E-state index in [1.54, 1.807) is 30.5 Å². The first-order valence-corrected chi connectivity index (χ1v) is 5.63. The Morgan fingerprint density at radius 3 is 2.89 bits per heavy atom. The molecule has 2 aromatic rings. The number of hydrogen-bond acceptors (Lipinski definition) is 4. The molecule has 1 amide bonds. The predicted molar refractivity (Wildman–Crippen MR) is 69.3 cm³/mol. The summed E-state index contributed by atoms with van der Waals surface area (Å²) in [5.41, 5.74) is 7.12. The van der Waals surface area contributed by atoms with Gasteiger partial charge in [-0.1, -0.05) is 11.6 Å². The first-order chi connectivity index (χ1) is 8.66. The van der Waals surface area contributed by atoms with Gasteiger partial charge in [-0.15, -0.1) is 0 Å². The SMILES string of the molecule is NC(=O)c1cc(NCc2ccncn2)ccc1Cl. The molecule has 2 rings (SSSR count). The maximum absolute atomic E-state index is 11.1. The van der Waals surface area contributed by atoms with E-state index in [0.717, 1.165) is 11.4 Å². The second-order valence-electron chi connectivity index (χ2n) is 3.61. The van der Waals surface area contributed by atoms with E-state index in [0.29, 0.717) is 17.1 Å². The molecule has 0 aliphatic carbocycles. The van der Waals surface area contributed by atoms with E-state index in [4.69, 9.17) is 17.3 Å². The number of rotatable bonds is 4. The van der Waals surface area contributed by atoms with Crippen LogP contribution in [0.3, 0.4) is 0 Å². The second kappa shape index (κ2) is 5.46. The largest absolute Gasteiger partial charge is 0.379 e. The minimum atomic E-state index is -0.550. The van der Waals surface area contributed by atoms with E-state index >= 15 is 0 Å². The number of aromatic nitrogens is 2. The Morgan fingerprint density at radius 1 is 1.39 bits per heavy atom. The molecule has 0 fully saturated rings. The van der Waals surface area contributed by atoms with Gasteiger partial charge in [0, 0.05) is 11.9 Å². The van der Waals surface area contributed by atoms with Gasteiger partial charge in [-0.25, -0.2) is 9.97 Å². The quantitative estimate of drug-likeness (QED) is 0.881. The Morgan fingerprint density at radius 2 is 2.22 bits per heavy atom. The predicted octanol–water partition coefficient (Wildman–Crippen LogP) is 1.84. The van der Waals surface area contributed by atoms with E-state index in [-0.39, 0.29) is 0 Å². The molecule has 0 aliphatic heterocycles. The molecule has 0 unspecified atom stereocenters. The minimum Gasteiger partial charge on any atom is -0.379 e. The Kier molecular flexibility index (Phi) is 3.74. The van der Waals surface area contributed by atoms with Crippen molar-refractivity contribution >= 4 is 23.2 Å². The fraction of sp³-hybridized carbons (Fsp3) is 0.0833. The fourth-order valence-electron chi connectivity index (χ4n) is 1.44. The molecule has 18 heavy (non-hydrogen) atoms. The molecule has 0 saturated carbocycles. The normalized spacial score (nSPS) is 10.1. The number of carbonyl (C=O) groups is 1. The maximum Gasteiger partial charge on any atom is 0.250 e. The lowest BCUT2D eigenvalue weighted by Crippen LogP contribution is -2.12. The van der Waals surface area contributed by atoms with Crippen molar-refractivity contribution in [1.82, 2.24) is 9.97 Å². The molecule has 92 valence electrons. The van der Waals surface area contributed by atoms with Gasteiger partial charge in [-0.05, 0) is 24.3 Å². The van der Waals surface area contributed by atoms with E-state index in [9.17, 15) is 4.79 Å². The van der Waals surface area contributed by atoms with Crippen molar-refractivity contribution in [2.75, 3.05) is 5.32 Å². The summed E-state index contributed by atoms with van der Waals surface area (Å²) in [6.07, 6.45) is 3.15. The van der Waals surface area contributed by atoms with E-state index in [1.807, 2.05) is 0 Å². The molecule has 0 spiro atoms. The van der Waals surface area contributed by atoms with Gasteiger partial charge in [-0.3, -0.25) is 4.79 Å². The molecule has 0 bridgehead atoms. The Labute approximate surface area is 109 Å². The van der Waals surface area contributed by atoms with Crippen LogP contribution in [0.4, 0.5) is 5.69 Å². The highest BCUT2D eigenvalue weighted by atomic mass is 35.5. The third-order valence-corrected chi connectivity index (χ3v) is 2.68. The van der Waals surface area contributed by atoms with Crippen LogP contribution in [0.25, 0.3) is 0 Å². The molecular weight excluding hydrogens is 252 g/mol. The second-order valence-corrected chi connectivity index (χ2v) is 4.02. The summed E-state index contributed by atoms with van der Waals surface area (Å²) in [5.74, 6) is -0.550. The van der Waals surface area contributed by atoms with Gasteiger partial charge >= 0.3 is 0 Å². The summed E-state index contributed by atoms with van der Waals surface area (Å²) < 4.78 is 0. The minimum absolute atomic E-state index is 0.296. The van der Waals surface area contributed by atoms with E-state index in [2.05, 4.69) is 15.3 Å². The van der Waals surface area contributed by atoms with Gasteiger partial charge in [0.25, 0.3) is 0 Å². The van der Waals surface area contributed by atoms with Crippen LogP contribution in [0.5, 0.6) is 0 Å². The lowest BCUT2D eigenvalue weighted by atomic mass is 10.2. The summed E-state index contributed by atoms with van der Waals surface area (Å²) in [6, 6.07) is 6.82.